The van der Waals surface area contributed by atoms with E-state index in [2.05, 4.69) is 15.0 Å². The minimum absolute atomic E-state index is 0.0782. The molecule has 0 aliphatic carbocycles. The summed E-state index contributed by atoms with van der Waals surface area (Å²) in [5.41, 5.74) is 6.78. The van der Waals surface area contributed by atoms with Crippen LogP contribution in [0.25, 0.3) is 11.2 Å². The first kappa shape index (κ1) is 16.3. The lowest BCUT2D eigenvalue weighted by molar-refractivity contribution is 0.626. The molecular formula is C15H16FN5O2S. The highest BCUT2D eigenvalue weighted by Gasteiger charge is 2.16. The minimum atomic E-state index is -1.38. The normalized spacial score (nSPS) is 12.6. The van der Waals surface area contributed by atoms with E-state index < -0.39 is 16.5 Å². The predicted molar refractivity (Wildman–Crippen MR) is 89.6 cm³/mol. The molecule has 0 aliphatic heterocycles. The fourth-order valence-electron chi connectivity index (χ4n) is 2.33. The van der Waals surface area contributed by atoms with E-state index in [4.69, 9.17) is 5.73 Å². The van der Waals surface area contributed by atoms with Gasteiger partial charge < -0.3 is 10.7 Å². The summed E-state index contributed by atoms with van der Waals surface area (Å²) in [6, 6.07) is 5.81. The SMILES string of the molecule is CCCS(=O)c1nc(N)c2[nH]c(=O)n(Cc3ccc(F)cc3)c2n1. The van der Waals surface area contributed by atoms with Crippen molar-refractivity contribution in [2.75, 3.05) is 11.5 Å². The van der Waals surface area contributed by atoms with Crippen molar-refractivity contribution in [2.24, 2.45) is 0 Å². The van der Waals surface area contributed by atoms with Crippen LogP contribution in [0.15, 0.2) is 34.2 Å². The Balaban J connectivity index is 2.09. The van der Waals surface area contributed by atoms with Crippen LogP contribution < -0.4 is 11.4 Å². The van der Waals surface area contributed by atoms with Crippen molar-refractivity contribution < 1.29 is 8.60 Å². The first-order valence-electron chi connectivity index (χ1n) is 7.38. The summed E-state index contributed by atoms with van der Waals surface area (Å²) in [5, 5.41) is 0.105. The van der Waals surface area contributed by atoms with E-state index in [1.807, 2.05) is 6.92 Å². The van der Waals surface area contributed by atoms with E-state index in [1.165, 1.54) is 16.7 Å². The van der Waals surface area contributed by atoms with Gasteiger partial charge in [0.15, 0.2) is 11.5 Å². The summed E-state index contributed by atoms with van der Waals surface area (Å²) in [5.74, 6) is 0.139. The van der Waals surface area contributed by atoms with Gasteiger partial charge in [-0.2, -0.15) is 0 Å². The Bertz CT molecular complexity index is 964. The summed E-state index contributed by atoms with van der Waals surface area (Å²) in [6.07, 6.45) is 0.712. The second kappa shape index (κ2) is 6.52. The smallest absolute Gasteiger partial charge is 0.328 e. The van der Waals surface area contributed by atoms with Crippen molar-refractivity contribution in [1.29, 1.82) is 0 Å². The average molecular weight is 349 g/mol. The monoisotopic (exact) mass is 349 g/mol. The number of hydrogen-bond donors (Lipinski definition) is 2. The van der Waals surface area contributed by atoms with Gasteiger partial charge in [0.1, 0.15) is 11.3 Å². The molecule has 3 N–H and O–H groups in total. The lowest BCUT2D eigenvalue weighted by Gasteiger charge is -2.05. The summed E-state index contributed by atoms with van der Waals surface area (Å²) < 4.78 is 26.5. The molecule has 0 spiro atoms. The quantitative estimate of drug-likeness (QED) is 0.677. The van der Waals surface area contributed by atoms with Crippen molar-refractivity contribution in [3.63, 3.8) is 0 Å². The number of aromatic nitrogens is 4. The van der Waals surface area contributed by atoms with Gasteiger partial charge in [0.25, 0.3) is 0 Å². The van der Waals surface area contributed by atoms with Gasteiger partial charge in [-0.3, -0.25) is 8.78 Å². The number of hydrogen-bond acceptors (Lipinski definition) is 5. The van der Waals surface area contributed by atoms with Crippen LogP contribution in [0, 0.1) is 5.82 Å². The zero-order valence-corrected chi connectivity index (χ0v) is 13.8. The molecule has 0 saturated carbocycles. The molecule has 2 heterocycles. The van der Waals surface area contributed by atoms with E-state index in [9.17, 15) is 13.4 Å². The molecule has 24 heavy (non-hydrogen) atoms. The van der Waals surface area contributed by atoms with Crippen LogP contribution in [0.2, 0.25) is 0 Å². The molecule has 1 aromatic carbocycles. The Morgan fingerprint density at radius 1 is 1.29 bits per heavy atom. The predicted octanol–water partition coefficient (Wildman–Crippen LogP) is 1.41. The highest BCUT2D eigenvalue weighted by atomic mass is 32.2. The van der Waals surface area contributed by atoms with Crippen LogP contribution in [0.3, 0.4) is 0 Å². The molecule has 1 atom stereocenters. The van der Waals surface area contributed by atoms with Gasteiger partial charge in [-0.1, -0.05) is 19.1 Å². The molecule has 0 radical (unpaired) electrons. The van der Waals surface area contributed by atoms with Crippen LogP contribution in [0.1, 0.15) is 18.9 Å². The molecular weight excluding hydrogens is 333 g/mol. The maximum absolute atomic E-state index is 13.0. The maximum Gasteiger partial charge on any atom is 0.328 e. The first-order valence-corrected chi connectivity index (χ1v) is 8.70. The highest BCUT2D eigenvalue weighted by Crippen LogP contribution is 2.17. The third-order valence-electron chi connectivity index (χ3n) is 3.48. The number of anilines is 1. The number of rotatable bonds is 5. The second-order valence-corrected chi connectivity index (χ2v) is 6.75. The number of nitrogens with one attached hydrogen (secondary N) is 1. The zero-order chi connectivity index (χ0) is 17.3. The molecule has 1 unspecified atom stereocenters. The fourth-order valence-corrected chi connectivity index (χ4v) is 3.27. The molecule has 0 aliphatic rings. The topological polar surface area (TPSA) is 107 Å². The largest absolute Gasteiger partial charge is 0.382 e. The van der Waals surface area contributed by atoms with Crippen molar-refractivity contribution >= 4 is 27.8 Å². The molecule has 3 aromatic rings. The number of imidazole rings is 1. The van der Waals surface area contributed by atoms with Gasteiger partial charge in [-0.25, -0.2) is 19.2 Å². The number of benzene rings is 1. The standard InChI is InChI=1S/C15H16FN5O2S/c1-2-7-24(23)14-19-12(17)11-13(20-14)21(15(22)18-11)8-9-3-5-10(16)6-4-9/h3-6H,2,7-8H2,1H3,(H,18,22)(H2,17,19,20). The van der Waals surface area contributed by atoms with E-state index in [-0.39, 0.29) is 29.0 Å². The van der Waals surface area contributed by atoms with Crippen LogP contribution in [-0.4, -0.2) is 29.5 Å². The highest BCUT2D eigenvalue weighted by molar-refractivity contribution is 7.84. The van der Waals surface area contributed by atoms with Crippen molar-refractivity contribution in [1.82, 2.24) is 19.5 Å². The van der Waals surface area contributed by atoms with Crippen LogP contribution in [0.4, 0.5) is 10.2 Å². The molecule has 2 aromatic heterocycles. The molecule has 0 saturated heterocycles. The molecule has 7 nitrogen and oxygen atoms in total. The van der Waals surface area contributed by atoms with Gasteiger partial charge >= 0.3 is 5.69 Å². The van der Waals surface area contributed by atoms with Crippen LogP contribution >= 0.6 is 0 Å². The van der Waals surface area contributed by atoms with Crippen molar-refractivity contribution in [3.05, 3.63) is 46.1 Å². The third kappa shape index (κ3) is 3.07. The molecule has 9 heteroatoms. The number of nitrogens with zero attached hydrogens (tertiary/aromatic N) is 3. The second-order valence-electron chi connectivity index (χ2n) is 5.28. The molecule has 0 amide bonds. The molecule has 3 rings (SSSR count). The number of H-pyrrole nitrogens is 1. The third-order valence-corrected chi connectivity index (χ3v) is 4.85. The maximum atomic E-state index is 13.0. The number of fused-ring (bicyclic) bond motifs is 1. The number of aromatic amines is 1. The van der Waals surface area contributed by atoms with E-state index in [0.717, 1.165) is 5.56 Å². The molecule has 0 bridgehead atoms. The molecule has 0 fully saturated rings. The first-order chi connectivity index (χ1) is 11.5. The van der Waals surface area contributed by atoms with Gasteiger partial charge in [-0.05, 0) is 24.1 Å². The lowest BCUT2D eigenvalue weighted by Crippen LogP contribution is -2.18. The van der Waals surface area contributed by atoms with Gasteiger partial charge in [-0.15, -0.1) is 0 Å². The van der Waals surface area contributed by atoms with Crippen molar-refractivity contribution in [2.45, 2.75) is 25.0 Å². The Kier molecular flexibility index (Phi) is 4.43. The average Bonchev–Trinajstić information content (AvgIpc) is 2.87. The zero-order valence-electron chi connectivity index (χ0n) is 13.0. The Morgan fingerprint density at radius 3 is 2.67 bits per heavy atom. The minimum Gasteiger partial charge on any atom is -0.382 e. The van der Waals surface area contributed by atoms with Crippen LogP contribution in [0.5, 0.6) is 0 Å². The Labute approximate surface area is 139 Å². The lowest BCUT2D eigenvalue weighted by atomic mass is 10.2. The van der Waals surface area contributed by atoms with Gasteiger partial charge in [0.05, 0.1) is 17.3 Å². The van der Waals surface area contributed by atoms with Gasteiger partial charge in [0.2, 0.25) is 5.16 Å². The number of halogens is 1. The molecule has 126 valence electrons. The van der Waals surface area contributed by atoms with E-state index in [0.29, 0.717) is 17.7 Å². The summed E-state index contributed by atoms with van der Waals surface area (Å²) >= 11 is 0. The summed E-state index contributed by atoms with van der Waals surface area (Å²) in [7, 11) is -1.38. The van der Waals surface area contributed by atoms with Gasteiger partial charge in [0, 0.05) is 5.75 Å². The Morgan fingerprint density at radius 2 is 2.00 bits per heavy atom. The summed E-state index contributed by atoms with van der Waals surface area (Å²) in [6.45, 7) is 2.09. The number of nitrogen functional groups attached to an aromatic ring is 1. The van der Waals surface area contributed by atoms with Crippen LogP contribution in [-0.2, 0) is 17.3 Å². The van der Waals surface area contributed by atoms with E-state index >= 15 is 0 Å². The Hall–Kier alpha value is -2.55. The summed E-state index contributed by atoms with van der Waals surface area (Å²) in [4.78, 5) is 23.1. The van der Waals surface area contributed by atoms with Crippen molar-refractivity contribution in [3.8, 4) is 0 Å². The fraction of sp³-hybridized carbons (Fsp3) is 0.267. The van der Waals surface area contributed by atoms with E-state index in [1.54, 1.807) is 12.1 Å². The number of nitrogens with two attached hydrogens (primary N) is 1.